The monoisotopic (exact) mass is 233 g/mol. The van der Waals surface area contributed by atoms with Crippen LogP contribution in [0.2, 0.25) is 0 Å². The summed E-state index contributed by atoms with van der Waals surface area (Å²) in [6.07, 6.45) is 4.19. The first kappa shape index (κ1) is 11.3. The molecule has 0 atom stereocenters. The normalized spacial score (nSPS) is 11.5. The van der Waals surface area contributed by atoms with Gasteiger partial charge in [0.25, 0.3) is 0 Å². The quantitative estimate of drug-likeness (QED) is 0.747. The first-order chi connectivity index (χ1) is 6.47. The summed E-state index contributed by atoms with van der Waals surface area (Å²) >= 11 is 1.35. The van der Waals surface area contributed by atoms with Crippen LogP contribution in [0.1, 0.15) is 0 Å². The smallest absolute Gasteiger partial charge is 0.148 e. The van der Waals surface area contributed by atoms with Crippen molar-refractivity contribution in [1.82, 2.24) is 9.97 Å². The van der Waals surface area contributed by atoms with Crippen LogP contribution in [-0.4, -0.2) is 36.1 Å². The van der Waals surface area contributed by atoms with Crippen LogP contribution >= 0.6 is 11.8 Å². The van der Waals surface area contributed by atoms with Gasteiger partial charge in [-0.2, -0.15) is 0 Å². The van der Waals surface area contributed by atoms with Crippen molar-refractivity contribution < 1.29 is 8.42 Å². The molecule has 0 aliphatic heterocycles. The molecular weight excluding hydrogens is 222 g/mol. The second-order valence-electron chi connectivity index (χ2n) is 2.76. The van der Waals surface area contributed by atoms with E-state index < -0.39 is 9.84 Å². The number of rotatable bonds is 4. The molecule has 0 aliphatic rings. The summed E-state index contributed by atoms with van der Waals surface area (Å²) in [6, 6.07) is 0. The molecular formula is C7H11N3O2S2. The lowest BCUT2D eigenvalue weighted by Gasteiger charge is -1.99. The van der Waals surface area contributed by atoms with E-state index in [1.54, 1.807) is 0 Å². The molecule has 0 amide bonds. The Labute approximate surface area is 87.1 Å². The number of sulfone groups is 1. The van der Waals surface area contributed by atoms with Crippen molar-refractivity contribution in [2.75, 3.05) is 23.5 Å². The van der Waals surface area contributed by atoms with Crippen LogP contribution in [0.25, 0.3) is 0 Å². The predicted octanol–water partition coefficient (Wildman–Crippen LogP) is 0.195. The van der Waals surface area contributed by atoms with Gasteiger partial charge < -0.3 is 5.73 Å². The molecule has 5 nitrogen and oxygen atoms in total. The van der Waals surface area contributed by atoms with Gasteiger partial charge in [0.2, 0.25) is 0 Å². The van der Waals surface area contributed by atoms with Crippen molar-refractivity contribution in [1.29, 1.82) is 0 Å². The number of nitrogens with two attached hydrogens (primary N) is 1. The minimum absolute atomic E-state index is 0.143. The van der Waals surface area contributed by atoms with Gasteiger partial charge in [-0.15, -0.1) is 11.8 Å². The highest BCUT2D eigenvalue weighted by Gasteiger charge is 2.03. The van der Waals surface area contributed by atoms with Crippen molar-refractivity contribution in [3.05, 3.63) is 12.4 Å². The van der Waals surface area contributed by atoms with E-state index in [-0.39, 0.29) is 5.75 Å². The Morgan fingerprint density at radius 1 is 1.43 bits per heavy atom. The molecule has 14 heavy (non-hydrogen) atoms. The van der Waals surface area contributed by atoms with Crippen LogP contribution in [0.15, 0.2) is 17.4 Å². The van der Waals surface area contributed by atoms with Gasteiger partial charge in [0.15, 0.2) is 0 Å². The topological polar surface area (TPSA) is 85.9 Å². The zero-order valence-electron chi connectivity index (χ0n) is 7.67. The van der Waals surface area contributed by atoms with Crippen LogP contribution in [0.5, 0.6) is 0 Å². The molecule has 0 unspecified atom stereocenters. The Morgan fingerprint density at radius 2 is 2.14 bits per heavy atom. The first-order valence-corrected chi connectivity index (χ1v) is 6.90. The Morgan fingerprint density at radius 3 is 2.64 bits per heavy atom. The predicted molar refractivity (Wildman–Crippen MR) is 56.9 cm³/mol. The molecule has 0 saturated carbocycles. The van der Waals surface area contributed by atoms with E-state index in [1.807, 2.05) is 0 Å². The van der Waals surface area contributed by atoms with E-state index in [2.05, 4.69) is 9.97 Å². The highest BCUT2D eigenvalue weighted by molar-refractivity contribution is 8.00. The zero-order chi connectivity index (χ0) is 10.6. The van der Waals surface area contributed by atoms with Gasteiger partial charge in [-0.3, -0.25) is 0 Å². The van der Waals surface area contributed by atoms with Gasteiger partial charge in [-0.1, -0.05) is 0 Å². The SMILES string of the molecule is CS(=O)(=O)CCSc1cnc(N)cn1. The van der Waals surface area contributed by atoms with E-state index in [9.17, 15) is 8.42 Å². The average molecular weight is 233 g/mol. The number of anilines is 1. The lowest BCUT2D eigenvalue weighted by Crippen LogP contribution is -2.05. The van der Waals surface area contributed by atoms with Crippen molar-refractivity contribution in [3.63, 3.8) is 0 Å². The minimum Gasteiger partial charge on any atom is -0.382 e. The Kier molecular flexibility index (Phi) is 3.70. The third-order valence-corrected chi connectivity index (χ3v) is 3.47. The van der Waals surface area contributed by atoms with Crippen molar-refractivity contribution >= 4 is 27.4 Å². The van der Waals surface area contributed by atoms with Crippen LogP contribution in [0, 0.1) is 0 Å². The standard InChI is InChI=1S/C7H11N3O2S2/c1-14(11,12)3-2-13-7-5-9-6(8)4-10-7/h4-5H,2-3H2,1H3,(H2,8,9). The van der Waals surface area contributed by atoms with Gasteiger partial charge in [0, 0.05) is 12.0 Å². The Balaban J connectivity index is 2.43. The molecule has 0 radical (unpaired) electrons. The largest absolute Gasteiger partial charge is 0.382 e. The van der Waals surface area contributed by atoms with E-state index in [0.717, 1.165) is 0 Å². The molecule has 1 heterocycles. The van der Waals surface area contributed by atoms with E-state index in [4.69, 9.17) is 5.73 Å². The number of hydrogen-bond donors (Lipinski definition) is 1. The Hall–Kier alpha value is -0.820. The van der Waals surface area contributed by atoms with Crippen LogP contribution in [-0.2, 0) is 9.84 Å². The molecule has 2 N–H and O–H groups in total. The van der Waals surface area contributed by atoms with E-state index >= 15 is 0 Å². The fourth-order valence-corrected chi connectivity index (χ4v) is 2.71. The van der Waals surface area contributed by atoms with Gasteiger partial charge in [-0.05, 0) is 0 Å². The summed E-state index contributed by atoms with van der Waals surface area (Å²) in [5.74, 6) is 0.985. The molecule has 0 fully saturated rings. The summed E-state index contributed by atoms with van der Waals surface area (Å²) in [6.45, 7) is 0. The van der Waals surface area contributed by atoms with Gasteiger partial charge in [0.1, 0.15) is 20.7 Å². The minimum atomic E-state index is -2.90. The molecule has 1 aromatic rings. The first-order valence-electron chi connectivity index (χ1n) is 3.85. The molecule has 1 aromatic heterocycles. The van der Waals surface area contributed by atoms with E-state index in [1.165, 1.54) is 30.4 Å². The second kappa shape index (κ2) is 4.61. The fourth-order valence-electron chi connectivity index (χ4n) is 0.698. The maximum Gasteiger partial charge on any atom is 0.148 e. The molecule has 1 rings (SSSR count). The van der Waals surface area contributed by atoms with E-state index in [0.29, 0.717) is 16.6 Å². The summed E-state index contributed by atoms with van der Waals surface area (Å²) in [5, 5.41) is 0.683. The number of nitrogen functional groups attached to an aromatic ring is 1. The third-order valence-electron chi connectivity index (χ3n) is 1.35. The number of aromatic nitrogens is 2. The summed E-state index contributed by atoms with van der Waals surface area (Å²) < 4.78 is 21.6. The van der Waals surface area contributed by atoms with Crippen molar-refractivity contribution in [2.45, 2.75) is 5.03 Å². The maximum absolute atomic E-state index is 10.8. The highest BCUT2D eigenvalue weighted by atomic mass is 32.2. The highest BCUT2D eigenvalue weighted by Crippen LogP contribution is 2.13. The molecule has 78 valence electrons. The van der Waals surface area contributed by atoms with Crippen molar-refractivity contribution in [3.8, 4) is 0 Å². The molecule has 0 aromatic carbocycles. The van der Waals surface area contributed by atoms with Crippen molar-refractivity contribution in [2.24, 2.45) is 0 Å². The second-order valence-corrected chi connectivity index (χ2v) is 6.13. The fraction of sp³-hybridized carbons (Fsp3) is 0.429. The number of hydrogen-bond acceptors (Lipinski definition) is 6. The number of thioether (sulfide) groups is 1. The molecule has 0 bridgehead atoms. The molecule has 0 aliphatic carbocycles. The Bertz CT molecular complexity index is 388. The van der Waals surface area contributed by atoms with Crippen LogP contribution in [0.4, 0.5) is 5.82 Å². The lowest BCUT2D eigenvalue weighted by molar-refractivity contribution is 0.603. The summed E-state index contributed by atoms with van der Waals surface area (Å²) in [5.41, 5.74) is 5.35. The lowest BCUT2D eigenvalue weighted by atomic mass is 10.7. The molecule has 0 saturated heterocycles. The summed E-state index contributed by atoms with van der Waals surface area (Å²) in [7, 11) is -2.90. The van der Waals surface area contributed by atoms with Gasteiger partial charge in [0.05, 0.1) is 18.1 Å². The maximum atomic E-state index is 10.8. The van der Waals surface area contributed by atoms with Crippen LogP contribution in [0.3, 0.4) is 0 Å². The zero-order valence-corrected chi connectivity index (χ0v) is 9.31. The van der Waals surface area contributed by atoms with Gasteiger partial charge in [-0.25, -0.2) is 18.4 Å². The molecule has 7 heteroatoms. The average Bonchev–Trinajstić information content (AvgIpc) is 2.06. The summed E-state index contributed by atoms with van der Waals surface area (Å²) in [4.78, 5) is 7.82. The molecule has 0 spiro atoms. The number of nitrogens with zero attached hydrogens (tertiary/aromatic N) is 2. The third kappa shape index (κ3) is 4.43. The van der Waals surface area contributed by atoms with Gasteiger partial charge >= 0.3 is 0 Å². The van der Waals surface area contributed by atoms with Crippen LogP contribution < -0.4 is 5.73 Å².